The number of primary sulfonamides is 1. The first-order valence-electron chi connectivity index (χ1n) is 6.01. The quantitative estimate of drug-likeness (QED) is 0.686. The molecule has 0 amide bonds. The highest BCUT2D eigenvalue weighted by Crippen LogP contribution is 2.25. The summed E-state index contributed by atoms with van der Waals surface area (Å²) in [5.41, 5.74) is 6.50. The van der Waals surface area contributed by atoms with Gasteiger partial charge in [-0.25, -0.2) is 18.5 Å². The van der Waals surface area contributed by atoms with Gasteiger partial charge in [0.25, 0.3) is 0 Å². The molecule has 1 aromatic heterocycles. The van der Waals surface area contributed by atoms with Crippen LogP contribution in [0.25, 0.3) is 0 Å². The monoisotopic (exact) mass is 295 g/mol. The van der Waals surface area contributed by atoms with Gasteiger partial charge in [-0.3, -0.25) is 0 Å². The highest BCUT2D eigenvalue weighted by Gasteiger charge is 2.14. The molecule has 5 N–H and O–H groups in total. The number of para-hydroxylation sites is 1. The lowest BCUT2D eigenvalue weighted by Crippen LogP contribution is -2.16. The molecule has 0 aliphatic carbocycles. The molecule has 2 aromatic rings. The molecule has 8 heteroatoms. The molecular formula is C12H17N5O2S. The molecule has 2 rings (SSSR count). The number of aryl methyl sites for hydroxylation is 1. The van der Waals surface area contributed by atoms with Crippen molar-refractivity contribution in [2.45, 2.75) is 11.3 Å². The summed E-state index contributed by atoms with van der Waals surface area (Å²) >= 11 is 0. The molecule has 0 unspecified atom stereocenters. The van der Waals surface area contributed by atoms with E-state index in [0.29, 0.717) is 18.7 Å². The summed E-state index contributed by atoms with van der Waals surface area (Å²) in [6.45, 7) is 0.586. The number of hydrogen-bond acceptors (Lipinski definition) is 5. The SMILES string of the molecule is Cn1ccnc1CCNc1cccc(S(N)(=O)=O)c1N. The van der Waals surface area contributed by atoms with Gasteiger partial charge in [0, 0.05) is 32.4 Å². The Morgan fingerprint density at radius 2 is 2.15 bits per heavy atom. The van der Waals surface area contributed by atoms with Crippen LogP contribution < -0.4 is 16.2 Å². The average Bonchev–Trinajstić information content (AvgIpc) is 2.76. The molecule has 0 saturated carbocycles. The summed E-state index contributed by atoms with van der Waals surface area (Å²) in [6, 6.07) is 4.69. The Morgan fingerprint density at radius 3 is 2.75 bits per heavy atom. The van der Waals surface area contributed by atoms with E-state index in [1.54, 1.807) is 18.3 Å². The van der Waals surface area contributed by atoms with Crippen LogP contribution in [0.3, 0.4) is 0 Å². The number of sulfonamides is 1. The largest absolute Gasteiger partial charge is 0.396 e. The number of nitrogens with zero attached hydrogens (tertiary/aromatic N) is 2. The van der Waals surface area contributed by atoms with E-state index in [2.05, 4.69) is 10.3 Å². The normalized spacial score (nSPS) is 11.5. The number of benzene rings is 1. The molecule has 0 spiro atoms. The Morgan fingerprint density at radius 1 is 1.40 bits per heavy atom. The van der Waals surface area contributed by atoms with Crippen molar-refractivity contribution < 1.29 is 8.42 Å². The predicted octanol–water partition coefficient (Wildman–Crippen LogP) is 0.304. The molecule has 0 radical (unpaired) electrons. The van der Waals surface area contributed by atoms with Crippen LogP contribution in [0.5, 0.6) is 0 Å². The second kappa shape index (κ2) is 5.51. The maximum atomic E-state index is 11.4. The Bertz CT molecular complexity index is 708. The van der Waals surface area contributed by atoms with Crippen molar-refractivity contribution in [3.8, 4) is 0 Å². The maximum Gasteiger partial charge on any atom is 0.240 e. The van der Waals surface area contributed by atoms with Gasteiger partial charge >= 0.3 is 0 Å². The van der Waals surface area contributed by atoms with Gasteiger partial charge in [-0.05, 0) is 12.1 Å². The van der Waals surface area contributed by atoms with Gasteiger partial charge in [0.2, 0.25) is 10.0 Å². The summed E-state index contributed by atoms with van der Waals surface area (Å²) in [6.07, 6.45) is 4.29. The summed E-state index contributed by atoms with van der Waals surface area (Å²) in [7, 11) is -1.90. The van der Waals surface area contributed by atoms with Gasteiger partial charge in [-0.15, -0.1) is 0 Å². The van der Waals surface area contributed by atoms with Gasteiger partial charge in [-0.2, -0.15) is 0 Å². The van der Waals surface area contributed by atoms with E-state index >= 15 is 0 Å². The van der Waals surface area contributed by atoms with Gasteiger partial charge in [-0.1, -0.05) is 6.07 Å². The number of nitrogens with one attached hydrogen (secondary N) is 1. The van der Waals surface area contributed by atoms with E-state index in [1.807, 2.05) is 17.8 Å². The zero-order valence-electron chi connectivity index (χ0n) is 11.1. The maximum absolute atomic E-state index is 11.4. The van der Waals surface area contributed by atoms with E-state index in [1.165, 1.54) is 6.07 Å². The van der Waals surface area contributed by atoms with E-state index < -0.39 is 10.0 Å². The van der Waals surface area contributed by atoms with Crippen molar-refractivity contribution >= 4 is 21.4 Å². The van der Waals surface area contributed by atoms with Crippen molar-refractivity contribution in [3.63, 3.8) is 0 Å². The van der Waals surface area contributed by atoms with Gasteiger partial charge in [0.1, 0.15) is 10.7 Å². The predicted molar refractivity (Wildman–Crippen MR) is 77.6 cm³/mol. The first-order valence-corrected chi connectivity index (χ1v) is 7.55. The van der Waals surface area contributed by atoms with Crippen LogP contribution >= 0.6 is 0 Å². The third-order valence-corrected chi connectivity index (χ3v) is 3.93. The van der Waals surface area contributed by atoms with E-state index in [-0.39, 0.29) is 10.6 Å². The number of aromatic nitrogens is 2. The highest BCUT2D eigenvalue weighted by molar-refractivity contribution is 7.89. The molecule has 0 bridgehead atoms. The van der Waals surface area contributed by atoms with Gasteiger partial charge < -0.3 is 15.6 Å². The molecule has 0 aliphatic rings. The van der Waals surface area contributed by atoms with Crippen LogP contribution in [0.2, 0.25) is 0 Å². The lowest BCUT2D eigenvalue weighted by Gasteiger charge is -2.11. The second-order valence-corrected chi connectivity index (χ2v) is 5.92. The van der Waals surface area contributed by atoms with Crippen LogP contribution in [0, 0.1) is 0 Å². The first-order chi connectivity index (χ1) is 9.39. The van der Waals surface area contributed by atoms with Crippen LogP contribution in [-0.4, -0.2) is 24.5 Å². The third kappa shape index (κ3) is 3.09. The molecule has 0 fully saturated rings. The summed E-state index contributed by atoms with van der Waals surface area (Å²) in [4.78, 5) is 4.13. The lowest BCUT2D eigenvalue weighted by molar-refractivity contribution is 0.598. The van der Waals surface area contributed by atoms with Crippen molar-refractivity contribution in [3.05, 3.63) is 36.4 Å². The second-order valence-electron chi connectivity index (χ2n) is 4.39. The standard InChI is InChI=1S/C12H17N5O2S/c1-17-8-7-16-11(17)5-6-15-9-3-2-4-10(12(9)13)20(14,18)19/h2-4,7-8,15H,5-6,13H2,1H3,(H2,14,18,19). The number of nitrogen functional groups attached to an aromatic ring is 1. The topological polar surface area (TPSA) is 116 Å². The molecule has 108 valence electrons. The van der Waals surface area contributed by atoms with Crippen LogP contribution in [-0.2, 0) is 23.5 Å². The van der Waals surface area contributed by atoms with E-state index in [4.69, 9.17) is 10.9 Å². The summed E-state index contributed by atoms with van der Waals surface area (Å²) in [5.74, 6) is 0.929. The average molecular weight is 295 g/mol. The van der Waals surface area contributed by atoms with Crippen molar-refractivity contribution in [2.75, 3.05) is 17.6 Å². The minimum atomic E-state index is -3.81. The first kappa shape index (κ1) is 14.4. The zero-order valence-corrected chi connectivity index (χ0v) is 11.9. The molecule has 7 nitrogen and oxygen atoms in total. The van der Waals surface area contributed by atoms with Crippen molar-refractivity contribution in [1.82, 2.24) is 9.55 Å². The minimum absolute atomic E-state index is 0.0699. The molecule has 1 heterocycles. The minimum Gasteiger partial charge on any atom is -0.396 e. The van der Waals surface area contributed by atoms with Crippen LogP contribution in [0.1, 0.15) is 5.82 Å². The van der Waals surface area contributed by atoms with E-state index in [9.17, 15) is 8.42 Å². The summed E-state index contributed by atoms with van der Waals surface area (Å²) in [5, 5.41) is 8.20. The van der Waals surface area contributed by atoms with Crippen molar-refractivity contribution in [2.24, 2.45) is 12.2 Å². The van der Waals surface area contributed by atoms with Crippen LogP contribution in [0.4, 0.5) is 11.4 Å². The smallest absolute Gasteiger partial charge is 0.240 e. The number of imidazole rings is 1. The Balaban J connectivity index is 2.09. The number of nitrogens with two attached hydrogens (primary N) is 2. The molecule has 0 atom stereocenters. The van der Waals surface area contributed by atoms with Crippen molar-refractivity contribution in [1.29, 1.82) is 0 Å². The fourth-order valence-corrected chi connectivity index (χ4v) is 2.58. The van der Waals surface area contributed by atoms with Crippen LogP contribution in [0.15, 0.2) is 35.5 Å². The molecular weight excluding hydrogens is 278 g/mol. The Labute approximate surface area is 117 Å². The molecule has 20 heavy (non-hydrogen) atoms. The fourth-order valence-electron chi connectivity index (χ4n) is 1.89. The number of anilines is 2. The zero-order chi connectivity index (χ0) is 14.8. The molecule has 1 aromatic carbocycles. The Hall–Kier alpha value is -2.06. The molecule has 0 saturated heterocycles. The van der Waals surface area contributed by atoms with E-state index in [0.717, 1.165) is 5.82 Å². The number of rotatable bonds is 5. The fraction of sp³-hybridized carbons (Fsp3) is 0.250. The lowest BCUT2D eigenvalue weighted by atomic mass is 10.2. The van der Waals surface area contributed by atoms with Gasteiger partial charge in [0.15, 0.2) is 0 Å². The highest BCUT2D eigenvalue weighted by atomic mass is 32.2. The van der Waals surface area contributed by atoms with Gasteiger partial charge in [0.05, 0.1) is 11.4 Å². The summed E-state index contributed by atoms with van der Waals surface area (Å²) < 4.78 is 24.7. The molecule has 0 aliphatic heterocycles. The third-order valence-electron chi connectivity index (χ3n) is 2.96. The Kier molecular flexibility index (Phi) is 3.96. The number of hydrogen-bond donors (Lipinski definition) is 3.